The third kappa shape index (κ3) is 6.03. The molecule has 0 saturated carbocycles. The SMILES string of the molecule is CC(C)CNC(=O)C(C)NCC(O)c1cccc(Br)c1. The van der Waals surface area contributed by atoms with Crippen LogP contribution in [0.15, 0.2) is 28.7 Å². The quantitative estimate of drug-likeness (QED) is 0.712. The number of aliphatic hydroxyl groups excluding tert-OH is 1. The Bertz CT molecular complexity index is 438. The van der Waals surface area contributed by atoms with Crippen LogP contribution in [0.4, 0.5) is 0 Å². The number of hydrogen-bond acceptors (Lipinski definition) is 3. The van der Waals surface area contributed by atoms with Crippen molar-refractivity contribution in [3.8, 4) is 0 Å². The van der Waals surface area contributed by atoms with E-state index < -0.39 is 6.10 Å². The molecule has 0 aliphatic carbocycles. The van der Waals surface area contributed by atoms with Gasteiger partial charge in [-0.2, -0.15) is 0 Å². The molecule has 0 saturated heterocycles. The molecule has 1 aromatic carbocycles. The van der Waals surface area contributed by atoms with Crippen LogP contribution in [0.2, 0.25) is 0 Å². The number of carbonyl (C=O) groups is 1. The van der Waals surface area contributed by atoms with Crippen molar-refractivity contribution in [2.75, 3.05) is 13.1 Å². The second-order valence-electron chi connectivity index (χ2n) is 5.34. The van der Waals surface area contributed by atoms with Crippen LogP contribution in [0.3, 0.4) is 0 Å². The van der Waals surface area contributed by atoms with Gasteiger partial charge < -0.3 is 15.7 Å². The molecule has 0 radical (unpaired) electrons. The summed E-state index contributed by atoms with van der Waals surface area (Å²) in [6, 6.07) is 7.19. The standard InChI is InChI=1S/C15H23BrN2O2/c1-10(2)8-18-15(20)11(3)17-9-14(19)12-5-4-6-13(16)7-12/h4-7,10-11,14,17,19H,8-9H2,1-3H3,(H,18,20). The molecule has 0 fully saturated rings. The zero-order valence-electron chi connectivity index (χ0n) is 12.2. The van der Waals surface area contributed by atoms with E-state index in [2.05, 4.69) is 40.4 Å². The number of amides is 1. The smallest absolute Gasteiger partial charge is 0.236 e. The van der Waals surface area contributed by atoms with Crippen molar-refractivity contribution < 1.29 is 9.90 Å². The molecule has 0 heterocycles. The maximum atomic E-state index is 11.8. The molecule has 1 aromatic rings. The number of hydrogen-bond donors (Lipinski definition) is 3. The molecule has 112 valence electrons. The van der Waals surface area contributed by atoms with Gasteiger partial charge in [0.1, 0.15) is 0 Å². The highest BCUT2D eigenvalue weighted by molar-refractivity contribution is 9.10. The van der Waals surface area contributed by atoms with E-state index in [0.29, 0.717) is 19.0 Å². The normalized spacial score (nSPS) is 14.1. The first-order valence-electron chi connectivity index (χ1n) is 6.84. The second kappa shape index (κ2) is 8.39. The summed E-state index contributed by atoms with van der Waals surface area (Å²) in [4.78, 5) is 11.8. The first kappa shape index (κ1) is 17.1. The van der Waals surface area contributed by atoms with Crippen molar-refractivity contribution in [1.82, 2.24) is 10.6 Å². The molecule has 20 heavy (non-hydrogen) atoms. The summed E-state index contributed by atoms with van der Waals surface area (Å²) < 4.78 is 0.928. The van der Waals surface area contributed by atoms with Gasteiger partial charge in [0.15, 0.2) is 0 Å². The Morgan fingerprint density at radius 2 is 2.00 bits per heavy atom. The summed E-state index contributed by atoms with van der Waals surface area (Å²) in [6.07, 6.45) is -0.632. The number of halogens is 1. The number of rotatable bonds is 7. The Labute approximate surface area is 129 Å². The van der Waals surface area contributed by atoms with Gasteiger partial charge in [-0.1, -0.05) is 41.9 Å². The molecule has 1 rings (SSSR count). The van der Waals surface area contributed by atoms with Crippen LogP contribution in [0, 0.1) is 5.92 Å². The Morgan fingerprint density at radius 3 is 2.60 bits per heavy atom. The average molecular weight is 343 g/mol. The minimum Gasteiger partial charge on any atom is -0.387 e. The Kier molecular flexibility index (Phi) is 7.19. The van der Waals surface area contributed by atoms with Gasteiger partial charge in [-0.3, -0.25) is 4.79 Å². The van der Waals surface area contributed by atoms with E-state index in [9.17, 15) is 9.90 Å². The number of benzene rings is 1. The van der Waals surface area contributed by atoms with Crippen molar-refractivity contribution in [3.63, 3.8) is 0 Å². The van der Waals surface area contributed by atoms with Crippen molar-refractivity contribution >= 4 is 21.8 Å². The Balaban J connectivity index is 2.40. The van der Waals surface area contributed by atoms with Gasteiger partial charge >= 0.3 is 0 Å². The zero-order valence-corrected chi connectivity index (χ0v) is 13.8. The van der Waals surface area contributed by atoms with Gasteiger partial charge in [0, 0.05) is 17.6 Å². The summed E-state index contributed by atoms with van der Waals surface area (Å²) in [5, 5.41) is 16.0. The van der Waals surface area contributed by atoms with Crippen molar-refractivity contribution in [2.45, 2.75) is 32.9 Å². The number of nitrogens with one attached hydrogen (secondary N) is 2. The second-order valence-corrected chi connectivity index (χ2v) is 6.26. The molecule has 1 amide bonds. The highest BCUT2D eigenvalue weighted by atomic mass is 79.9. The van der Waals surface area contributed by atoms with Gasteiger partial charge in [-0.25, -0.2) is 0 Å². The molecule has 0 spiro atoms. The third-order valence-electron chi connectivity index (χ3n) is 2.93. The topological polar surface area (TPSA) is 61.4 Å². The molecule has 2 atom stereocenters. The molecule has 2 unspecified atom stereocenters. The monoisotopic (exact) mass is 342 g/mol. The van der Waals surface area contributed by atoms with Gasteiger partial charge in [0.2, 0.25) is 5.91 Å². The van der Waals surface area contributed by atoms with Crippen LogP contribution in [0.1, 0.15) is 32.4 Å². The van der Waals surface area contributed by atoms with Crippen LogP contribution in [0.5, 0.6) is 0 Å². The van der Waals surface area contributed by atoms with Crippen molar-refractivity contribution in [1.29, 1.82) is 0 Å². The van der Waals surface area contributed by atoms with Crippen molar-refractivity contribution in [3.05, 3.63) is 34.3 Å². The molecular weight excluding hydrogens is 320 g/mol. The maximum Gasteiger partial charge on any atom is 0.236 e. The minimum absolute atomic E-state index is 0.0415. The van der Waals surface area contributed by atoms with Gasteiger partial charge in [-0.05, 0) is 30.5 Å². The number of aliphatic hydroxyl groups is 1. The third-order valence-corrected chi connectivity index (χ3v) is 3.42. The maximum absolute atomic E-state index is 11.8. The van der Waals surface area contributed by atoms with E-state index in [1.165, 1.54) is 0 Å². The molecule has 0 aliphatic rings. The fourth-order valence-corrected chi connectivity index (χ4v) is 2.09. The zero-order chi connectivity index (χ0) is 15.1. The molecule has 0 aliphatic heterocycles. The lowest BCUT2D eigenvalue weighted by molar-refractivity contribution is -0.123. The summed E-state index contributed by atoms with van der Waals surface area (Å²) in [6.45, 7) is 6.90. The highest BCUT2D eigenvalue weighted by Crippen LogP contribution is 2.17. The molecule has 4 nitrogen and oxygen atoms in total. The molecular formula is C15H23BrN2O2. The first-order chi connectivity index (χ1) is 9.40. The number of carbonyl (C=O) groups excluding carboxylic acids is 1. The molecule has 0 aromatic heterocycles. The van der Waals surface area contributed by atoms with Gasteiger partial charge in [0.05, 0.1) is 12.1 Å². The highest BCUT2D eigenvalue weighted by Gasteiger charge is 2.15. The Morgan fingerprint density at radius 1 is 1.30 bits per heavy atom. The van der Waals surface area contributed by atoms with E-state index in [4.69, 9.17) is 0 Å². The predicted molar refractivity (Wildman–Crippen MR) is 84.4 cm³/mol. The molecule has 0 bridgehead atoms. The van der Waals surface area contributed by atoms with Crippen LogP contribution >= 0.6 is 15.9 Å². The molecule has 5 heteroatoms. The lowest BCUT2D eigenvalue weighted by Gasteiger charge is -2.18. The van der Waals surface area contributed by atoms with E-state index in [1.807, 2.05) is 24.3 Å². The van der Waals surface area contributed by atoms with Gasteiger partial charge in [-0.15, -0.1) is 0 Å². The van der Waals surface area contributed by atoms with Gasteiger partial charge in [0.25, 0.3) is 0 Å². The summed E-state index contributed by atoms with van der Waals surface area (Å²) in [7, 11) is 0. The van der Waals surface area contributed by atoms with Crippen LogP contribution in [-0.2, 0) is 4.79 Å². The predicted octanol–water partition coefficient (Wildman–Crippen LogP) is 2.23. The average Bonchev–Trinajstić information content (AvgIpc) is 2.41. The lowest BCUT2D eigenvalue weighted by Crippen LogP contribution is -2.44. The van der Waals surface area contributed by atoms with E-state index in [0.717, 1.165) is 10.0 Å². The summed E-state index contributed by atoms with van der Waals surface area (Å²) in [5.41, 5.74) is 0.821. The minimum atomic E-state index is -0.632. The van der Waals surface area contributed by atoms with Crippen LogP contribution in [0.25, 0.3) is 0 Å². The lowest BCUT2D eigenvalue weighted by atomic mass is 10.1. The van der Waals surface area contributed by atoms with Crippen LogP contribution in [-0.4, -0.2) is 30.1 Å². The Hall–Kier alpha value is -0.910. The van der Waals surface area contributed by atoms with Crippen LogP contribution < -0.4 is 10.6 Å². The summed E-state index contributed by atoms with van der Waals surface area (Å²) in [5.74, 6) is 0.388. The first-order valence-corrected chi connectivity index (χ1v) is 7.64. The fourth-order valence-electron chi connectivity index (χ4n) is 1.67. The largest absolute Gasteiger partial charge is 0.387 e. The van der Waals surface area contributed by atoms with E-state index in [-0.39, 0.29) is 11.9 Å². The molecule has 3 N–H and O–H groups in total. The van der Waals surface area contributed by atoms with Crippen molar-refractivity contribution in [2.24, 2.45) is 5.92 Å². The fraction of sp³-hybridized carbons (Fsp3) is 0.533. The summed E-state index contributed by atoms with van der Waals surface area (Å²) >= 11 is 3.37. The van der Waals surface area contributed by atoms with E-state index >= 15 is 0 Å². The van der Waals surface area contributed by atoms with E-state index in [1.54, 1.807) is 6.92 Å².